The van der Waals surface area contributed by atoms with E-state index in [0.29, 0.717) is 18.8 Å². The van der Waals surface area contributed by atoms with Gasteiger partial charge in [-0.3, -0.25) is 9.62 Å². The molecule has 1 aliphatic rings. The Hall–Kier alpha value is -1.15. The zero-order valence-corrected chi connectivity index (χ0v) is 13.2. The molecule has 0 saturated carbocycles. The number of nitrogens with zero attached hydrogens (tertiary/aromatic N) is 1. The third-order valence-electron chi connectivity index (χ3n) is 3.41. The monoisotopic (exact) mass is 313 g/mol. The lowest BCUT2D eigenvalue weighted by Crippen LogP contribution is -2.42. The van der Waals surface area contributed by atoms with Crippen molar-refractivity contribution in [3.63, 3.8) is 0 Å². The van der Waals surface area contributed by atoms with E-state index in [9.17, 15) is 8.42 Å². The fourth-order valence-corrected chi connectivity index (χ4v) is 3.08. The number of hydrogen-bond donors (Lipinski definition) is 2. The van der Waals surface area contributed by atoms with Crippen LogP contribution in [0.2, 0.25) is 0 Å². The van der Waals surface area contributed by atoms with Crippen LogP contribution in [0.3, 0.4) is 0 Å². The summed E-state index contributed by atoms with van der Waals surface area (Å²) >= 11 is 0. The van der Waals surface area contributed by atoms with E-state index in [2.05, 4.69) is 14.3 Å². The van der Waals surface area contributed by atoms with Crippen LogP contribution in [0.25, 0.3) is 0 Å². The van der Waals surface area contributed by atoms with Gasteiger partial charge in [-0.1, -0.05) is 19.1 Å². The zero-order chi connectivity index (χ0) is 15.1. The number of morpholine rings is 1. The fraction of sp³-hybridized carbons (Fsp3) is 0.571. The average molecular weight is 313 g/mol. The minimum atomic E-state index is -3.52. The standard InChI is InChI=1S/C14H23N3O3S/c1-2-13-4-3-5-14(12-13)16-21(18,19)15-6-7-17-8-10-20-11-9-17/h3-5,12,15-16H,2,6-11H2,1H3. The van der Waals surface area contributed by atoms with Crippen molar-refractivity contribution >= 4 is 15.9 Å². The highest BCUT2D eigenvalue weighted by Gasteiger charge is 2.13. The highest BCUT2D eigenvalue weighted by molar-refractivity contribution is 7.90. The van der Waals surface area contributed by atoms with Gasteiger partial charge in [0.15, 0.2) is 0 Å². The summed E-state index contributed by atoms with van der Waals surface area (Å²) in [5.41, 5.74) is 1.69. The molecule has 2 N–H and O–H groups in total. The van der Waals surface area contributed by atoms with E-state index in [-0.39, 0.29) is 0 Å². The molecule has 118 valence electrons. The van der Waals surface area contributed by atoms with Crippen molar-refractivity contribution in [1.82, 2.24) is 9.62 Å². The summed E-state index contributed by atoms with van der Waals surface area (Å²) in [5.74, 6) is 0. The molecule has 0 amide bonds. The third-order valence-corrected chi connectivity index (χ3v) is 4.50. The van der Waals surface area contributed by atoms with Crippen molar-refractivity contribution in [2.24, 2.45) is 0 Å². The summed E-state index contributed by atoms with van der Waals surface area (Å²) < 4.78 is 34.3. The van der Waals surface area contributed by atoms with Crippen LogP contribution in [-0.4, -0.2) is 52.7 Å². The van der Waals surface area contributed by atoms with E-state index >= 15 is 0 Å². The van der Waals surface area contributed by atoms with Crippen LogP contribution in [0, 0.1) is 0 Å². The molecule has 0 aliphatic carbocycles. The van der Waals surface area contributed by atoms with Crippen LogP contribution in [0.1, 0.15) is 12.5 Å². The Bertz CT molecular complexity index is 542. The summed E-state index contributed by atoms with van der Waals surface area (Å²) in [4.78, 5) is 2.18. The van der Waals surface area contributed by atoms with Crippen molar-refractivity contribution in [2.75, 3.05) is 44.1 Å². The quantitative estimate of drug-likeness (QED) is 0.782. The molecule has 1 fully saturated rings. The smallest absolute Gasteiger partial charge is 0.299 e. The van der Waals surface area contributed by atoms with Gasteiger partial charge in [0.1, 0.15) is 0 Å². The van der Waals surface area contributed by atoms with Crippen molar-refractivity contribution in [3.8, 4) is 0 Å². The van der Waals surface area contributed by atoms with Crippen LogP contribution in [0.15, 0.2) is 24.3 Å². The molecule has 7 heteroatoms. The number of rotatable bonds is 7. The molecule has 21 heavy (non-hydrogen) atoms. The third kappa shape index (κ3) is 5.62. The number of hydrogen-bond acceptors (Lipinski definition) is 4. The van der Waals surface area contributed by atoms with Crippen LogP contribution >= 0.6 is 0 Å². The maximum Gasteiger partial charge on any atom is 0.299 e. The molecule has 1 aromatic carbocycles. The lowest BCUT2D eigenvalue weighted by Gasteiger charge is -2.26. The van der Waals surface area contributed by atoms with Crippen molar-refractivity contribution in [2.45, 2.75) is 13.3 Å². The maximum absolute atomic E-state index is 12.0. The summed E-state index contributed by atoms with van der Waals surface area (Å²) in [6.45, 7) is 6.27. The Labute approximate surface area is 126 Å². The SMILES string of the molecule is CCc1cccc(NS(=O)(=O)NCCN2CCOCC2)c1. The summed E-state index contributed by atoms with van der Waals surface area (Å²) in [6, 6.07) is 7.43. The number of nitrogens with one attached hydrogen (secondary N) is 2. The highest BCUT2D eigenvalue weighted by atomic mass is 32.2. The number of anilines is 1. The van der Waals surface area contributed by atoms with Gasteiger partial charge >= 0.3 is 0 Å². The zero-order valence-electron chi connectivity index (χ0n) is 12.3. The topological polar surface area (TPSA) is 70.7 Å². The van der Waals surface area contributed by atoms with E-state index in [1.807, 2.05) is 25.1 Å². The van der Waals surface area contributed by atoms with Gasteiger partial charge in [0.2, 0.25) is 0 Å². The molecular weight excluding hydrogens is 290 g/mol. The van der Waals surface area contributed by atoms with Crippen molar-refractivity contribution < 1.29 is 13.2 Å². The maximum atomic E-state index is 12.0. The lowest BCUT2D eigenvalue weighted by molar-refractivity contribution is 0.0390. The minimum absolute atomic E-state index is 0.392. The molecule has 6 nitrogen and oxygen atoms in total. The summed E-state index contributed by atoms with van der Waals surface area (Å²) in [5, 5.41) is 0. The van der Waals surface area contributed by atoms with Gasteiger partial charge in [0.05, 0.1) is 18.9 Å². The Morgan fingerprint density at radius 2 is 2.05 bits per heavy atom. The molecule has 1 saturated heterocycles. The predicted octanol–water partition coefficient (Wildman–Crippen LogP) is 0.827. The summed E-state index contributed by atoms with van der Waals surface area (Å²) in [6.07, 6.45) is 0.875. The van der Waals surface area contributed by atoms with E-state index < -0.39 is 10.2 Å². The second-order valence-electron chi connectivity index (χ2n) is 5.01. The van der Waals surface area contributed by atoms with E-state index in [4.69, 9.17) is 4.74 Å². The number of aryl methyl sites for hydroxylation is 1. The van der Waals surface area contributed by atoms with Gasteiger partial charge in [-0.15, -0.1) is 0 Å². The first kappa shape index (κ1) is 16.2. The minimum Gasteiger partial charge on any atom is -0.379 e. The Kier molecular flexibility index (Phi) is 5.98. The first-order valence-corrected chi connectivity index (χ1v) is 8.74. The van der Waals surface area contributed by atoms with Gasteiger partial charge in [-0.2, -0.15) is 13.1 Å². The van der Waals surface area contributed by atoms with E-state index in [1.165, 1.54) is 0 Å². The van der Waals surface area contributed by atoms with Crippen LogP contribution in [0.5, 0.6) is 0 Å². The van der Waals surface area contributed by atoms with Gasteiger partial charge in [0, 0.05) is 26.2 Å². The lowest BCUT2D eigenvalue weighted by atomic mass is 10.1. The molecule has 0 unspecified atom stereocenters. The van der Waals surface area contributed by atoms with Crippen LogP contribution in [0.4, 0.5) is 5.69 Å². The first-order chi connectivity index (χ1) is 10.1. The fourth-order valence-electron chi connectivity index (χ4n) is 2.21. The largest absolute Gasteiger partial charge is 0.379 e. The molecule has 0 radical (unpaired) electrons. The van der Waals surface area contributed by atoms with Gasteiger partial charge < -0.3 is 4.74 Å². The molecule has 0 bridgehead atoms. The molecule has 1 aromatic rings. The Balaban J connectivity index is 1.80. The van der Waals surface area contributed by atoms with Crippen molar-refractivity contribution in [1.29, 1.82) is 0 Å². The van der Waals surface area contributed by atoms with Gasteiger partial charge in [-0.05, 0) is 24.1 Å². The Morgan fingerprint density at radius 1 is 1.29 bits per heavy atom. The Morgan fingerprint density at radius 3 is 2.76 bits per heavy atom. The van der Waals surface area contributed by atoms with E-state index in [1.54, 1.807) is 6.07 Å². The summed E-state index contributed by atoms with van der Waals surface area (Å²) in [7, 11) is -3.52. The normalized spacial score (nSPS) is 16.8. The second kappa shape index (κ2) is 7.74. The van der Waals surface area contributed by atoms with Gasteiger partial charge in [-0.25, -0.2) is 0 Å². The van der Waals surface area contributed by atoms with Gasteiger partial charge in [0.25, 0.3) is 10.2 Å². The molecule has 1 aliphatic heterocycles. The average Bonchev–Trinajstić information content (AvgIpc) is 2.48. The number of ether oxygens (including phenoxy) is 1. The first-order valence-electron chi connectivity index (χ1n) is 7.25. The molecule has 0 atom stereocenters. The second-order valence-corrected chi connectivity index (χ2v) is 6.51. The molecule has 1 heterocycles. The van der Waals surface area contributed by atoms with Crippen molar-refractivity contribution in [3.05, 3.63) is 29.8 Å². The van der Waals surface area contributed by atoms with E-state index in [0.717, 1.165) is 38.3 Å². The molecule has 0 spiro atoms. The molecule has 2 rings (SSSR count). The highest BCUT2D eigenvalue weighted by Crippen LogP contribution is 2.12. The molecule has 0 aromatic heterocycles. The van der Waals surface area contributed by atoms with Crippen LogP contribution < -0.4 is 9.44 Å². The predicted molar refractivity (Wildman–Crippen MR) is 83.6 cm³/mol. The number of benzene rings is 1. The molecular formula is C14H23N3O3S. The van der Waals surface area contributed by atoms with Crippen LogP contribution in [-0.2, 0) is 21.4 Å².